The van der Waals surface area contributed by atoms with E-state index in [0.717, 1.165) is 24.3 Å². The zero-order valence-electron chi connectivity index (χ0n) is 7.57. The van der Waals surface area contributed by atoms with Crippen LogP contribution in [-0.2, 0) is 0 Å². The third kappa shape index (κ3) is 4.20. The summed E-state index contributed by atoms with van der Waals surface area (Å²) >= 11 is 1.78. The summed E-state index contributed by atoms with van der Waals surface area (Å²) in [4.78, 5) is 1.21. The molecule has 3 heteroatoms. The second-order valence-corrected chi connectivity index (χ2v) is 4.02. The summed E-state index contributed by atoms with van der Waals surface area (Å²) < 4.78 is 0. The Balaban J connectivity index is 2.28. The van der Waals surface area contributed by atoms with Gasteiger partial charge in [-0.05, 0) is 36.8 Å². The molecule has 0 fully saturated rings. The van der Waals surface area contributed by atoms with Crippen LogP contribution in [0, 0.1) is 0 Å². The van der Waals surface area contributed by atoms with E-state index in [-0.39, 0.29) is 6.61 Å². The molecule has 0 aliphatic carbocycles. The summed E-state index contributed by atoms with van der Waals surface area (Å²) in [5.74, 6) is 1.05. The van der Waals surface area contributed by atoms with Crippen LogP contribution >= 0.6 is 11.8 Å². The number of nitrogen functional groups attached to an aromatic ring is 1. The summed E-state index contributed by atoms with van der Waals surface area (Å²) in [5, 5.41) is 8.58. The zero-order chi connectivity index (χ0) is 9.52. The van der Waals surface area contributed by atoms with E-state index in [9.17, 15) is 0 Å². The van der Waals surface area contributed by atoms with Crippen LogP contribution in [0.3, 0.4) is 0 Å². The highest BCUT2D eigenvalue weighted by atomic mass is 32.2. The van der Waals surface area contributed by atoms with Crippen molar-refractivity contribution < 1.29 is 5.11 Å². The van der Waals surface area contributed by atoms with E-state index in [1.165, 1.54) is 4.90 Å². The zero-order valence-corrected chi connectivity index (χ0v) is 8.39. The monoisotopic (exact) mass is 197 g/mol. The van der Waals surface area contributed by atoms with E-state index >= 15 is 0 Å². The number of rotatable bonds is 5. The summed E-state index contributed by atoms with van der Waals surface area (Å²) in [6.45, 7) is 0.289. The first-order chi connectivity index (χ1) is 6.33. The van der Waals surface area contributed by atoms with Gasteiger partial charge in [0.25, 0.3) is 0 Å². The highest BCUT2D eigenvalue weighted by Crippen LogP contribution is 2.20. The number of unbranched alkanes of at least 4 members (excludes halogenated alkanes) is 1. The maximum Gasteiger partial charge on any atom is 0.0431 e. The highest BCUT2D eigenvalue weighted by molar-refractivity contribution is 7.99. The maximum atomic E-state index is 8.58. The first-order valence-electron chi connectivity index (χ1n) is 4.42. The first kappa shape index (κ1) is 10.4. The van der Waals surface area contributed by atoms with Crippen LogP contribution in [0.5, 0.6) is 0 Å². The van der Waals surface area contributed by atoms with Crippen LogP contribution in [-0.4, -0.2) is 17.5 Å². The van der Waals surface area contributed by atoms with Gasteiger partial charge in [0.1, 0.15) is 0 Å². The molecule has 1 aromatic rings. The Morgan fingerprint density at radius 2 is 2.15 bits per heavy atom. The Kier molecular flexibility index (Phi) is 4.72. The van der Waals surface area contributed by atoms with Crippen molar-refractivity contribution in [3.63, 3.8) is 0 Å². The number of hydrogen-bond donors (Lipinski definition) is 2. The van der Waals surface area contributed by atoms with Gasteiger partial charge in [-0.3, -0.25) is 0 Å². The lowest BCUT2D eigenvalue weighted by atomic mass is 10.3. The lowest BCUT2D eigenvalue weighted by Crippen LogP contribution is -1.87. The number of nitrogens with two attached hydrogens (primary N) is 1. The summed E-state index contributed by atoms with van der Waals surface area (Å²) in [5.41, 5.74) is 6.45. The molecule has 2 nitrogen and oxygen atoms in total. The number of benzene rings is 1. The van der Waals surface area contributed by atoms with E-state index in [2.05, 4.69) is 6.07 Å². The van der Waals surface area contributed by atoms with Crippen LogP contribution < -0.4 is 5.73 Å². The molecule has 72 valence electrons. The molecule has 0 amide bonds. The Labute approximate surface area is 83.1 Å². The molecule has 0 atom stereocenters. The minimum Gasteiger partial charge on any atom is -0.399 e. The standard InChI is InChI=1S/C10H15NOS/c11-9-4-3-5-10(8-9)13-7-2-1-6-12/h3-5,8,12H,1-2,6-7,11H2. The molecule has 0 unspecified atom stereocenters. The fraction of sp³-hybridized carbons (Fsp3) is 0.400. The van der Waals surface area contributed by atoms with E-state index in [1.807, 2.05) is 18.2 Å². The average Bonchev–Trinajstić information content (AvgIpc) is 2.13. The third-order valence-electron chi connectivity index (χ3n) is 1.68. The van der Waals surface area contributed by atoms with Crippen molar-refractivity contribution in [2.24, 2.45) is 0 Å². The second kappa shape index (κ2) is 5.89. The summed E-state index contributed by atoms with van der Waals surface area (Å²) in [7, 11) is 0. The molecule has 0 aromatic heterocycles. The van der Waals surface area contributed by atoms with Gasteiger partial charge in [0, 0.05) is 17.2 Å². The Bertz CT molecular complexity index is 252. The molecule has 13 heavy (non-hydrogen) atoms. The van der Waals surface area contributed by atoms with Gasteiger partial charge in [0.15, 0.2) is 0 Å². The molecular weight excluding hydrogens is 182 g/mol. The van der Waals surface area contributed by atoms with Gasteiger partial charge in [0.05, 0.1) is 0 Å². The molecule has 0 heterocycles. The summed E-state index contributed by atoms with van der Waals surface area (Å²) in [6, 6.07) is 7.88. The van der Waals surface area contributed by atoms with Crippen molar-refractivity contribution in [3.05, 3.63) is 24.3 Å². The molecule has 3 N–H and O–H groups in total. The molecule has 0 aliphatic heterocycles. The van der Waals surface area contributed by atoms with Crippen molar-refractivity contribution in [2.45, 2.75) is 17.7 Å². The van der Waals surface area contributed by atoms with Gasteiger partial charge in [0.2, 0.25) is 0 Å². The van der Waals surface area contributed by atoms with E-state index in [0.29, 0.717) is 0 Å². The van der Waals surface area contributed by atoms with Crippen molar-refractivity contribution in [1.29, 1.82) is 0 Å². The normalized spacial score (nSPS) is 10.2. The summed E-state index contributed by atoms with van der Waals surface area (Å²) in [6.07, 6.45) is 1.94. The van der Waals surface area contributed by atoms with E-state index in [1.54, 1.807) is 11.8 Å². The molecule has 0 saturated carbocycles. The van der Waals surface area contributed by atoms with Crippen molar-refractivity contribution in [1.82, 2.24) is 0 Å². The lowest BCUT2D eigenvalue weighted by Gasteiger charge is -2.01. The smallest absolute Gasteiger partial charge is 0.0431 e. The van der Waals surface area contributed by atoms with E-state index in [4.69, 9.17) is 10.8 Å². The SMILES string of the molecule is Nc1cccc(SCCCCO)c1. The number of thioether (sulfide) groups is 1. The average molecular weight is 197 g/mol. The molecule has 0 saturated heterocycles. The molecule has 1 aromatic carbocycles. The van der Waals surface area contributed by atoms with Gasteiger partial charge in [-0.1, -0.05) is 6.07 Å². The van der Waals surface area contributed by atoms with Gasteiger partial charge in [-0.15, -0.1) is 11.8 Å². The fourth-order valence-electron chi connectivity index (χ4n) is 1.01. The largest absolute Gasteiger partial charge is 0.399 e. The maximum absolute atomic E-state index is 8.58. The molecule has 0 aliphatic rings. The molecule has 0 spiro atoms. The molecule has 0 radical (unpaired) electrons. The third-order valence-corrected chi connectivity index (χ3v) is 2.76. The van der Waals surface area contributed by atoms with Crippen LogP contribution in [0.15, 0.2) is 29.2 Å². The highest BCUT2D eigenvalue weighted by Gasteiger charge is 1.93. The second-order valence-electron chi connectivity index (χ2n) is 2.85. The van der Waals surface area contributed by atoms with Gasteiger partial charge in [-0.25, -0.2) is 0 Å². The molecular formula is C10H15NOS. The predicted octanol–water partition coefficient (Wildman–Crippen LogP) is 2.13. The van der Waals surface area contributed by atoms with Crippen molar-refractivity contribution >= 4 is 17.4 Å². The van der Waals surface area contributed by atoms with Crippen LogP contribution in [0.2, 0.25) is 0 Å². The minimum absolute atomic E-state index is 0.289. The van der Waals surface area contributed by atoms with Crippen LogP contribution in [0.1, 0.15) is 12.8 Å². The van der Waals surface area contributed by atoms with Gasteiger partial charge in [-0.2, -0.15) is 0 Å². The van der Waals surface area contributed by atoms with Crippen LogP contribution in [0.4, 0.5) is 5.69 Å². The Morgan fingerprint density at radius 3 is 2.85 bits per heavy atom. The predicted molar refractivity (Wildman–Crippen MR) is 57.9 cm³/mol. The van der Waals surface area contributed by atoms with Gasteiger partial charge < -0.3 is 10.8 Å². The number of anilines is 1. The topological polar surface area (TPSA) is 46.2 Å². The quantitative estimate of drug-likeness (QED) is 0.432. The van der Waals surface area contributed by atoms with Crippen molar-refractivity contribution in [2.75, 3.05) is 18.1 Å². The Hall–Kier alpha value is -0.670. The van der Waals surface area contributed by atoms with Gasteiger partial charge >= 0.3 is 0 Å². The number of hydrogen-bond acceptors (Lipinski definition) is 3. The number of aliphatic hydroxyl groups excluding tert-OH is 1. The van der Waals surface area contributed by atoms with Crippen molar-refractivity contribution in [3.8, 4) is 0 Å². The molecule has 1 rings (SSSR count). The first-order valence-corrected chi connectivity index (χ1v) is 5.40. The minimum atomic E-state index is 0.289. The number of aliphatic hydroxyl groups is 1. The van der Waals surface area contributed by atoms with E-state index < -0.39 is 0 Å². The van der Waals surface area contributed by atoms with Crippen LogP contribution in [0.25, 0.3) is 0 Å². The Morgan fingerprint density at radius 1 is 1.31 bits per heavy atom. The molecule has 0 bridgehead atoms. The fourth-order valence-corrected chi connectivity index (χ4v) is 1.99. The lowest BCUT2D eigenvalue weighted by molar-refractivity contribution is 0.287.